The van der Waals surface area contributed by atoms with Crippen molar-refractivity contribution in [2.45, 2.75) is 32.2 Å². The van der Waals surface area contributed by atoms with Gasteiger partial charge in [0.1, 0.15) is 5.75 Å². The molecule has 0 bridgehead atoms. The molecule has 1 fully saturated rings. The highest BCUT2D eigenvalue weighted by atomic mass is 16.4. The Bertz CT molecular complexity index is 698. The number of fused-ring (bicyclic) bond motifs is 1. The Kier molecular flexibility index (Phi) is 4.82. The van der Waals surface area contributed by atoms with Crippen molar-refractivity contribution in [3.63, 3.8) is 0 Å². The molecule has 23 heavy (non-hydrogen) atoms. The number of phenols is 1. The summed E-state index contributed by atoms with van der Waals surface area (Å²) in [5, 5.41) is 20.5. The van der Waals surface area contributed by atoms with Gasteiger partial charge in [0.2, 0.25) is 0 Å². The summed E-state index contributed by atoms with van der Waals surface area (Å²) >= 11 is 0. The van der Waals surface area contributed by atoms with E-state index in [0.29, 0.717) is 11.7 Å². The maximum absolute atomic E-state index is 10.7. The highest BCUT2D eigenvalue weighted by molar-refractivity contribution is 5.84. The number of hydrogen-bond acceptors (Lipinski definition) is 3. The van der Waals surface area contributed by atoms with Crippen molar-refractivity contribution in [1.82, 2.24) is 4.90 Å². The second-order valence-corrected chi connectivity index (χ2v) is 6.54. The molecule has 2 N–H and O–H groups in total. The normalized spacial score (nSPS) is 19.0. The topological polar surface area (TPSA) is 60.8 Å². The lowest BCUT2D eigenvalue weighted by atomic mass is 9.93. The summed E-state index contributed by atoms with van der Waals surface area (Å²) in [6.07, 6.45) is 3.34. The number of hydrogen-bond donors (Lipinski definition) is 2. The number of nitrogens with zero attached hydrogens (tertiary/aromatic N) is 1. The number of carbonyl (C=O) groups is 1. The first-order chi connectivity index (χ1) is 11.1. The molecule has 1 atom stereocenters. The average Bonchev–Trinajstić information content (AvgIpc) is 2.53. The van der Waals surface area contributed by atoms with Crippen molar-refractivity contribution in [2.75, 3.05) is 13.1 Å². The second kappa shape index (κ2) is 7.01. The van der Waals surface area contributed by atoms with Crippen LogP contribution in [0.15, 0.2) is 36.4 Å². The first kappa shape index (κ1) is 15.8. The molecule has 4 nitrogen and oxygen atoms in total. The zero-order chi connectivity index (χ0) is 16.2. The lowest BCUT2D eigenvalue weighted by Crippen LogP contribution is -2.35. The maximum atomic E-state index is 10.7. The molecule has 2 aromatic rings. The Morgan fingerprint density at radius 1 is 1.17 bits per heavy atom. The van der Waals surface area contributed by atoms with E-state index in [1.165, 1.54) is 5.56 Å². The van der Waals surface area contributed by atoms with E-state index in [-0.39, 0.29) is 6.42 Å². The molecule has 0 aromatic heterocycles. The number of carboxylic acid groups (broad SMARTS) is 1. The fourth-order valence-corrected chi connectivity index (χ4v) is 3.50. The first-order valence-corrected chi connectivity index (χ1v) is 8.26. The van der Waals surface area contributed by atoms with Crippen molar-refractivity contribution >= 4 is 16.7 Å². The van der Waals surface area contributed by atoms with Crippen LogP contribution in [0.4, 0.5) is 0 Å². The number of likely N-dealkylation sites (tertiary alicyclic amines) is 1. The van der Waals surface area contributed by atoms with Crippen molar-refractivity contribution in [3.8, 4) is 5.75 Å². The van der Waals surface area contributed by atoms with Crippen LogP contribution in [0.2, 0.25) is 0 Å². The van der Waals surface area contributed by atoms with Gasteiger partial charge in [-0.2, -0.15) is 0 Å². The molecule has 1 saturated heterocycles. The minimum absolute atomic E-state index is 0.276. The smallest absolute Gasteiger partial charge is 0.303 e. The summed E-state index contributed by atoms with van der Waals surface area (Å²) < 4.78 is 0. The predicted octanol–water partition coefficient (Wildman–Crippen LogP) is 3.62. The third kappa shape index (κ3) is 4.23. The van der Waals surface area contributed by atoms with Crippen LogP contribution in [0.25, 0.3) is 10.8 Å². The number of carboxylic acids is 1. The monoisotopic (exact) mass is 313 g/mol. The SMILES string of the molecule is O=C(O)CCC1CCCN(Cc2ccc3cc(O)ccc3c2)C1. The van der Waals surface area contributed by atoms with Crippen LogP contribution < -0.4 is 0 Å². The van der Waals surface area contributed by atoms with E-state index in [1.54, 1.807) is 12.1 Å². The minimum Gasteiger partial charge on any atom is -0.508 e. The van der Waals surface area contributed by atoms with E-state index in [0.717, 1.165) is 49.7 Å². The summed E-state index contributed by atoms with van der Waals surface area (Å²) in [7, 11) is 0. The number of piperidine rings is 1. The van der Waals surface area contributed by atoms with E-state index in [9.17, 15) is 9.90 Å². The molecule has 0 amide bonds. The molecule has 122 valence electrons. The molecule has 0 radical (unpaired) electrons. The molecular weight excluding hydrogens is 290 g/mol. The van der Waals surface area contributed by atoms with Crippen LogP contribution in [0.3, 0.4) is 0 Å². The molecule has 1 heterocycles. The number of rotatable bonds is 5. The zero-order valence-corrected chi connectivity index (χ0v) is 13.2. The number of aromatic hydroxyl groups is 1. The van der Waals surface area contributed by atoms with Gasteiger partial charge in [-0.15, -0.1) is 0 Å². The number of benzene rings is 2. The quantitative estimate of drug-likeness (QED) is 0.885. The van der Waals surface area contributed by atoms with Gasteiger partial charge in [-0.1, -0.05) is 18.2 Å². The van der Waals surface area contributed by atoms with Crippen LogP contribution in [0.5, 0.6) is 5.75 Å². The molecule has 1 aliphatic heterocycles. The highest BCUT2D eigenvalue weighted by Crippen LogP contribution is 2.25. The maximum Gasteiger partial charge on any atom is 0.303 e. The molecule has 2 aromatic carbocycles. The Balaban J connectivity index is 1.64. The summed E-state index contributed by atoms with van der Waals surface area (Å²) in [5.41, 5.74) is 1.27. The van der Waals surface area contributed by atoms with E-state index < -0.39 is 5.97 Å². The highest BCUT2D eigenvalue weighted by Gasteiger charge is 2.20. The molecule has 0 aliphatic carbocycles. The van der Waals surface area contributed by atoms with E-state index in [2.05, 4.69) is 23.1 Å². The van der Waals surface area contributed by atoms with Crippen LogP contribution in [-0.2, 0) is 11.3 Å². The number of aliphatic carboxylic acids is 1. The largest absolute Gasteiger partial charge is 0.508 e. The molecule has 1 aliphatic rings. The molecule has 0 saturated carbocycles. The van der Waals surface area contributed by atoms with E-state index >= 15 is 0 Å². The number of phenolic OH excluding ortho intramolecular Hbond substituents is 1. The van der Waals surface area contributed by atoms with Gasteiger partial charge in [0.15, 0.2) is 0 Å². The molecule has 3 rings (SSSR count). The molecule has 1 unspecified atom stereocenters. The van der Waals surface area contributed by atoms with Crippen molar-refractivity contribution in [2.24, 2.45) is 5.92 Å². The lowest BCUT2D eigenvalue weighted by Gasteiger charge is -2.32. The van der Waals surface area contributed by atoms with Gasteiger partial charge in [-0.25, -0.2) is 0 Å². The molecule has 4 heteroatoms. The van der Waals surface area contributed by atoms with Gasteiger partial charge in [0.25, 0.3) is 0 Å². The Hall–Kier alpha value is -2.07. The van der Waals surface area contributed by atoms with Crippen molar-refractivity contribution in [3.05, 3.63) is 42.0 Å². The van der Waals surface area contributed by atoms with E-state index in [1.807, 2.05) is 6.07 Å². The van der Waals surface area contributed by atoms with Gasteiger partial charge in [0, 0.05) is 19.5 Å². The van der Waals surface area contributed by atoms with Crippen LogP contribution >= 0.6 is 0 Å². The fraction of sp³-hybridized carbons (Fsp3) is 0.421. The average molecular weight is 313 g/mol. The summed E-state index contributed by atoms with van der Waals surface area (Å²) in [6, 6.07) is 11.8. The molecular formula is C19H23NO3. The predicted molar refractivity (Wildman–Crippen MR) is 90.5 cm³/mol. The van der Waals surface area contributed by atoms with Crippen LogP contribution in [0, 0.1) is 5.92 Å². The summed E-state index contributed by atoms with van der Waals surface area (Å²) in [6.45, 7) is 2.97. The Morgan fingerprint density at radius 2 is 1.96 bits per heavy atom. The van der Waals surface area contributed by atoms with Crippen molar-refractivity contribution < 1.29 is 15.0 Å². The zero-order valence-electron chi connectivity index (χ0n) is 13.2. The fourth-order valence-electron chi connectivity index (χ4n) is 3.50. The van der Waals surface area contributed by atoms with Gasteiger partial charge in [0.05, 0.1) is 0 Å². The summed E-state index contributed by atoms with van der Waals surface area (Å²) in [4.78, 5) is 13.2. The third-order valence-corrected chi connectivity index (χ3v) is 4.66. The minimum atomic E-state index is -0.695. The van der Waals surface area contributed by atoms with Gasteiger partial charge in [-0.05, 0) is 66.3 Å². The van der Waals surface area contributed by atoms with Gasteiger partial charge in [-0.3, -0.25) is 9.69 Å². The third-order valence-electron chi connectivity index (χ3n) is 4.66. The lowest BCUT2D eigenvalue weighted by molar-refractivity contribution is -0.137. The van der Waals surface area contributed by atoms with Crippen molar-refractivity contribution in [1.29, 1.82) is 0 Å². The molecule has 0 spiro atoms. The second-order valence-electron chi connectivity index (χ2n) is 6.54. The Morgan fingerprint density at radius 3 is 2.78 bits per heavy atom. The van der Waals surface area contributed by atoms with Crippen LogP contribution in [-0.4, -0.2) is 34.2 Å². The summed E-state index contributed by atoms with van der Waals surface area (Å²) in [5.74, 6) is 0.0970. The standard InChI is InChI=1S/C19H23NO3/c21-18-7-6-16-10-15(3-5-17(16)11-18)13-20-9-1-2-14(12-20)4-8-19(22)23/h3,5-7,10-11,14,21H,1-2,4,8-9,12-13H2,(H,22,23). The van der Waals surface area contributed by atoms with Gasteiger partial charge < -0.3 is 10.2 Å². The first-order valence-electron chi connectivity index (χ1n) is 8.26. The van der Waals surface area contributed by atoms with Crippen LogP contribution in [0.1, 0.15) is 31.2 Å². The van der Waals surface area contributed by atoms with Gasteiger partial charge >= 0.3 is 5.97 Å². The Labute approximate surface area is 136 Å². The van der Waals surface area contributed by atoms with E-state index in [4.69, 9.17) is 5.11 Å².